The van der Waals surface area contributed by atoms with Crippen LogP contribution in [0, 0.1) is 5.92 Å². The first kappa shape index (κ1) is 12.4. The molecule has 0 aliphatic heterocycles. The van der Waals surface area contributed by atoms with E-state index in [9.17, 15) is 4.79 Å². The lowest BCUT2D eigenvalue weighted by Crippen LogP contribution is -2.30. The molecule has 1 N–H and O–H groups in total. The summed E-state index contributed by atoms with van der Waals surface area (Å²) in [5.41, 5.74) is 0. The summed E-state index contributed by atoms with van der Waals surface area (Å²) >= 11 is 0. The van der Waals surface area contributed by atoms with Crippen molar-refractivity contribution in [2.75, 3.05) is 13.7 Å². The van der Waals surface area contributed by atoms with Crippen molar-refractivity contribution in [3.8, 4) is 0 Å². The molecule has 3 nitrogen and oxygen atoms in total. The summed E-state index contributed by atoms with van der Waals surface area (Å²) in [7, 11) is 1.88. The number of esters is 1. The molecular weight excluding hydrogens is 166 g/mol. The number of carbonyl (C=O) groups is 1. The van der Waals surface area contributed by atoms with E-state index in [0.717, 1.165) is 6.42 Å². The number of hydrogen-bond donors (Lipinski definition) is 1. The minimum absolute atomic E-state index is 0.109. The van der Waals surface area contributed by atoms with Gasteiger partial charge in [-0.1, -0.05) is 13.8 Å². The van der Waals surface area contributed by atoms with Crippen LogP contribution < -0.4 is 5.32 Å². The molecule has 78 valence electrons. The summed E-state index contributed by atoms with van der Waals surface area (Å²) in [6, 6.07) is 0.249. The third-order valence-corrected chi connectivity index (χ3v) is 1.88. The van der Waals surface area contributed by atoms with Crippen LogP contribution in [0.5, 0.6) is 0 Å². The fourth-order valence-electron chi connectivity index (χ4n) is 1.29. The first-order valence-corrected chi connectivity index (χ1v) is 4.93. The van der Waals surface area contributed by atoms with Crippen molar-refractivity contribution in [3.63, 3.8) is 0 Å². The number of carbonyl (C=O) groups excluding carboxylic acids is 1. The van der Waals surface area contributed by atoms with Crippen molar-refractivity contribution in [3.05, 3.63) is 0 Å². The zero-order valence-corrected chi connectivity index (χ0v) is 9.09. The maximum Gasteiger partial charge on any atom is 0.307 e. The molecule has 0 rings (SSSR count). The monoisotopic (exact) mass is 187 g/mol. The molecule has 0 amide bonds. The molecular formula is C10H21NO2. The highest BCUT2D eigenvalue weighted by molar-refractivity contribution is 5.70. The van der Waals surface area contributed by atoms with Crippen molar-refractivity contribution >= 4 is 5.97 Å². The first-order chi connectivity index (χ1) is 6.10. The van der Waals surface area contributed by atoms with Gasteiger partial charge in [0.15, 0.2) is 0 Å². The van der Waals surface area contributed by atoms with Crippen LogP contribution in [0.1, 0.15) is 33.6 Å². The van der Waals surface area contributed by atoms with Gasteiger partial charge in [0.05, 0.1) is 13.0 Å². The molecule has 0 spiro atoms. The molecule has 0 aromatic rings. The first-order valence-electron chi connectivity index (χ1n) is 4.93. The van der Waals surface area contributed by atoms with Gasteiger partial charge in [0, 0.05) is 6.04 Å². The fourth-order valence-corrected chi connectivity index (χ4v) is 1.29. The van der Waals surface area contributed by atoms with Gasteiger partial charge in [0.2, 0.25) is 0 Å². The molecule has 0 aliphatic rings. The molecule has 1 atom stereocenters. The largest absolute Gasteiger partial charge is 0.466 e. The average Bonchev–Trinajstić information content (AvgIpc) is 2.02. The molecule has 0 saturated carbocycles. The standard InChI is InChI=1S/C10H21NO2/c1-5-13-10(12)7-9(11-4)6-8(2)3/h8-9,11H,5-7H2,1-4H3/t9-/m1/s1. The highest BCUT2D eigenvalue weighted by Crippen LogP contribution is 2.08. The molecule has 0 heterocycles. The second kappa shape index (κ2) is 6.89. The minimum Gasteiger partial charge on any atom is -0.466 e. The lowest BCUT2D eigenvalue weighted by molar-refractivity contribution is -0.143. The van der Waals surface area contributed by atoms with E-state index in [4.69, 9.17) is 4.74 Å². The Morgan fingerprint density at radius 1 is 1.46 bits per heavy atom. The Bertz CT molecular complexity index is 146. The van der Waals surface area contributed by atoms with Crippen LogP contribution in [0.25, 0.3) is 0 Å². The van der Waals surface area contributed by atoms with E-state index < -0.39 is 0 Å². The smallest absolute Gasteiger partial charge is 0.307 e. The van der Waals surface area contributed by atoms with Crippen molar-refractivity contribution in [1.82, 2.24) is 5.32 Å². The zero-order valence-electron chi connectivity index (χ0n) is 9.09. The predicted octanol–water partition coefficient (Wildman–Crippen LogP) is 1.57. The number of rotatable bonds is 6. The third-order valence-electron chi connectivity index (χ3n) is 1.88. The van der Waals surface area contributed by atoms with Gasteiger partial charge >= 0.3 is 5.97 Å². The van der Waals surface area contributed by atoms with Crippen LogP contribution in [0.15, 0.2) is 0 Å². The van der Waals surface area contributed by atoms with E-state index in [-0.39, 0.29) is 12.0 Å². The Hall–Kier alpha value is -0.570. The SMILES string of the molecule is CCOC(=O)C[C@@H](CC(C)C)NC. The molecule has 13 heavy (non-hydrogen) atoms. The molecule has 0 bridgehead atoms. The topological polar surface area (TPSA) is 38.3 Å². The van der Waals surface area contributed by atoms with Crippen molar-refractivity contribution in [1.29, 1.82) is 0 Å². The van der Waals surface area contributed by atoms with Gasteiger partial charge in [-0.05, 0) is 26.3 Å². The molecule has 0 aliphatic carbocycles. The summed E-state index contributed by atoms with van der Waals surface area (Å²) in [5, 5.41) is 3.12. The van der Waals surface area contributed by atoms with Gasteiger partial charge < -0.3 is 10.1 Å². The zero-order chi connectivity index (χ0) is 10.3. The van der Waals surface area contributed by atoms with Crippen LogP contribution in [-0.2, 0) is 9.53 Å². The lowest BCUT2D eigenvalue weighted by Gasteiger charge is -2.16. The maximum absolute atomic E-state index is 11.1. The van der Waals surface area contributed by atoms with E-state index in [1.807, 2.05) is 14.0 Å². The Morgan fingerprint density at radius 3 is 2.46 bits per heavy atom. The molecule has 0 fully saturated rings. The third kappa shape index (κ3) is 6.58. The van der Waals surface area contributed by atoms with E-state index in [1.165, 1.54) is 0 Å². The Morgan fingerprint density at radius 2 is 2.08 bits per heavy atom. The molecule has 3 heteroatoms. The Balaban J connectivity index is 3.76. The predicted molar refractivity (Wildman–Crippen MR) is 53.6 cm³/mol. The number of nitrogens with one attached hydrogen (secondary N) is 1. The molecule has 0 radical (unpaired) electrons. The quantitative estimate of drug-likeness (QED) is 0.641. The van der Waals surface area contributed by atoms with Gasteiger partial charge in [-0.25, -0.2) is 0 Å². The second-order valence-electron chi connectivity index (χ2n) is 3.62. The minimum atomic E-state index is -0.109. The summed E-state index contributed by atoms with van der Waals surface area (Å²) in [4.78, 5) is 11.1. The lowest BCUT2D eigenvalue weighted by atomic mass is 10.0. The van der Waals surface area contributed by atoms with Gasteiger partial charge in [0.25, 0.3) is 0 Å². The molecule has 0 aromatic heterocycles. The van der Waals surface area contributed by atoms with Crippen molar-refractivity contribution < 1.29 is 9.53 Å². The van der Waals surface area contributed by atoms with E-state index >= 15 is 0 Å². The fraction of sp³-hybridized carbons (Fsp3) is 0.900. The van der Waals surface area contributed by atoms with Crippen molar-refractivity contribution in [2.45, 2.75) is 39.7 Å². The molecule has 0 aromatic carbocycles. The van der Waals surface area contributed by atoms with E-state index in [1.54, 1.807) is 0 Å². The van der Waals surface area contributed by atoms with Gasteiger partial charge in [-0.2, -0.15) is 0 Å². The van der Waals surface area contributed by atoms with E-state index in [0.29, 0.717) is 18.9 Å². The Labute approximate surface area is 80.8 Å². The second-order valence-corrected chi connectivity index (χ2v) is 3.62. The van der Waals surface area contributed by atoms with Crippen LogP contribution in [-0.4, -0.2) is 25.7 Å². The summed E-state index contributed by atoms with van der Waals surface area (Å²) in [6.45, 7) is 6.59. The normalized spacial score (nSPS) is 13.0. The average molecular weight is 187 g/mol. The highest BCUT2D eigenvalue weighted by Gasteiger charge is 2.13. The summed E-state index contributed by atoms with van der Waals surface area (Å²) < 4.78 is 4.88. The maximum atomic E-state index is 11.1. The van der Waals surface area contributed by atoms with Crippen molar-refractivity contribution in [2.24, 2.45) is 5.92 Å². The van der Waals surface area contributed by atoms with Crippen LogP contribution in [0.4, 0.5) is 0 Å². The van der Waals surface area contributed by atoms with E-state index in [2.05, 4.69) is 19.2 Å². The highest BCUT2D eigenvalue weighted by atomic mass is 16.5. The van der Waals surface area contributed by atoms with Crippen LogP contribution in [0.2, 0.25) is 0 Å². The van der Waals surface area contributed by atoms with Gasteiger partial charge in [0.1, 0.15) is 0 Å². The number of ether oxygens (including phenoxy) is 1. The molecule has 0 saturated heterocycles. The Kier molecular flexibility index (Phi) is 6.59. The van der Waals surface area contributed by atoms with Crippen LogP contribution in [0.3, 0.4) is 0 Å². The summed E-state index contributed by atoms with van der Waals surface area (Å²) in [6.07, 6.45) is 1.48. The molecule has 0 unspecified atom stereocenters. The van der Waals surface area contributed by atoms with Gasteiger partial charge in [-0.3, -0.25) is 4.79 Å². The van der Waals surface area contributed by atoms with Gasteiger partial charge in [-0.15, -0.1) is 0 Å². The number of hydrogen-bond acceptors (Lipinski definition) is 3. The summed E-state index contributed by atoms with van der Waals surface area (Å²) in [5.74, 6) is 0.495. The van der Waals surface area contributed by atoms with Crippen LogP contribution >= 0.6 is 0 Å².